The number of benzene rings is 1. The van der Waals surface area contributed by atoms with E-state index < -0.39 is 0 Å². The number of hydrogen-bond donors (Lipinski definition) is 1. The van der Waals surface area contributed by atoms with E-state index in [4.69, 9.17) is 16.3 Å². The smallest absolute Gasteiger partial charge is 0.232 e. The summed E-state index contributed by atoms with van der Waals surface area (Å²) in [6.07, 6.45) is 2.24. The first-order valence-corrected chi connectivity index (χ1v) is 10.6. The molecule has 2 rings (SSSR count). The van der Waals surface area contributed by atoms with Gasteiger partial charge in [-0.05, 0) is 30.7 Å². The summed E-state index contributed by atoms with van der Waals surface area (Å²) < 4.78 is 6.40. The number of hydrogen-bond acceptors (Lipinski definition) is 7. The van der Waals surface area contributed by atoms with Gasteiger partial charge in [0.15, 0.2) is 4.34 Å². The Morgan fingerprint density at radius 2 is 2.12 bits per heavy atom. The lowest BCUT2D eigenvalue weighted by molar-refractivity contribution is -0.127. The number of nitrogens with zero attached hydrogens (tertiary/aromatic N) is 3. The van der Waals surface area contributed by atoms with E-state index in [2.05, 4.69) is 22.4 Å². The molecule has 0 unspecified atom stereocenters. The summed E-state index contributed by atoms with van der Waals surface area (Å²) in [5.41, 5.74) is 0. The predicted molar refractivity (Wildman–Crippen MR) is 109 cm³/mol. The summed E-state index contributed by atoms with van der Waals surface area (Å²) in [7, 11) is 1.77. The second-order valence-corrected chi connectivity index (χ2v) is 8.20. The third-order valence-electron chi connectivity index (χ3n) is 3.47. The van der Waals surface area contributed by atoms with Crippen molar-refractivity contribution in [3.8, 4) is 5.75 Å². The monoisotopic (exact) mass is 414 g/mol. The highest BCUT2D eigenvalue weighted by Crippen LogP contribution is 2.25. The Morgan fingerprint density at radius 1 is 1.35 bits per heavy atom. The average molecular weight is 415 g/mol. The molecule has 1 amide bonds. The van der Waals surface area contributed by atoms with Crippen molar-refractivity contribution in [1.82, 2.24) is 15.1 Å². The number of likely N-dealkylation sites (N-methyl/N-ethyl adjacent to an activating group) is 1. The van der Waals surface area contributed by atoms with Crippen molar-refractivity contribution in [1.29, 1.82) is 0 Å². The largest absolute Gasteiger partial charge is 0.492 e. The van der Waals surface area contributed by atoms with Crippen molar-refractivity contribution in [2.75, 3.05) is 37.8 Å². The zero-order valence-corrected chi connectivity index (χ0v) is 17.3. The van der Waals surface area contributed by atoms with Gasteiger partial charge in [0, 0.05) is 18.6 Å². The van der Waals surface area contributed by atoms with Crippen LogP contribution in [0.15, 0.2) is 28.6 Å². The Morgan fingerprint density at radius 3 is 2.85 bits per heavy atom. The summed E-state index contributed by atoms with van der Waals surface area (Å²) in [6.45, 7) is 3.98. The van der Waals surface area contributed by atoms with Crippen molar-refractivity contribution < 1.29 is 9.53 Å². The zero-order valence-electron chi connectivity index (χ0n) is 14.9. The minimum absolute atomic E-state index is 0.0328. The lowest BCUT2D eigenvalue weighted by Crippen LogP contribution is -2.32. The molecule has 6 nitrogen and oxygen atoms in total. The Labute approximate surface area is 167 Å². The van der Waals surface area contributed by atoms with Gasteiger partial charge in [-0.2, -0.15) is 0 Å². The number of carbonyl (C=O) groups is 1. The molecule has 0 saturated carbocycles. The molecule has 0 saturated heterocycles. The van der Waals surface area contributed by atoms with E-state index in [1.54, 1.807) is 24.1 Å². The summed E-state index contributed by atoms with van der Waals surface area (Å²) in [5.74, 6) is 1.10. The SMILES string of the molecule is CCCCNc1nnc(SCC(=O)N(C)CCOc2ccc(Cl)cc2)s1. The highest BCUT2D eigenvalue weighted by molar-refractivity contribution is 8.01. The van der Waals surface area contributed by atoms with Gasteiger partial charge in [-0.25, -0.2) is 0 Å². The molecule has 0 spiro atoms. The van der Waals surface area contributed by atoms with E-state index in [1.165, 1.54) is 23.1 Å². The summed E-state index contributed by atoms with van der Waals surface area (Å²) in [4.78, 5) is 13.9. The first-order valence-electron chi connectivity index (χ1n) is 8.41. The lowest BCUT2D eigenvalue weighted by Gasteiger charge is -2.17. The first-order chi connectivity index (χ1) is 12.6. The van der Waals surface area contributed by atoms with Crippen LogP contribution < -0.4 is 10.1 Å². The van der Waals surface area contributed by atoms with Crippen LogP contribution in [0.5, 0.6) is 5.75 Å². The number of amides is 1. The van der Waals surface area contributed by atoms with E-state index in [0.717, 1.165) is 34.6 Å². The normalized spacial score (nSPS) is 10.6. The van der Waals surface area contributed by atoms with E-state index in [1.807, 2.05) is 12.1 Å². The van der Waals surface area contributed by atoms with Crippen LogP contribution in [0.4, 0.5) is 5.13 Å². The van der Waals surface area contributed by atoms with Crippen LogP contribution >= 0.6 is 34.7 Å². The van der Waals surface area contributed by atoms with Gasteiger partial charge in [-0.15, -0.1) is 10.2 Å². The fraction of sp³-hybridized carbons (Fsp3) is 0.471. The fourth-order valence-electron chi connectivity index (χ4n) is 1.90. The highest BCUT2D eigenvalue weighted by Gasteiger charge is 2.12. The molecule has 9 heteroatoms. The van der Waals surface area contributed by atoms with Crippen molar-refractivity contribution >= 4 is 45.7 Å². The van der Waals surface area contributed by atoms with Crippen molar-refractivity contribution in [3.05, 3.63) is 29.3 Å². The molecule has 0 radical (unpaired) electrons. The quantitative estimate of drug-likeness (QED) is 0.442. The van der Waals surface area contributed by atoms with Crippen LogP contribution in [0.25, 0.3) is 0 Å². The molecule has 26 heavy (non-hydrogen) atoms. The second-order valence-electron chi connectivity index (χ2n) is 5.56. The number of carbonyl (C=O) groups excluding carboxylic acids is 1. The number of aromatic nitrogens is 2. The van der Waals surface area contributed by atoms with E-state index in [0.29, 0.717) is 23.9 Å². The fourth-order valence-corrected chi connectivity index (χ4v) is 3.75. The number of anilines is 1. The maximum atomic E-state index is 12.2. The van der Waals surface area contributed by atoms with Gasteiger partial charge in [-0.3, -0.25) is 4.79 Å². The minimum Gasteiger partial charge on any atom is -0.492 e. The van der Waals surface area contributed by atoms with Gasteiger partial charge >= 0.3 is 0 Å². The molecular formula is C17H23ClN4O2S2. The number of unbranched alkanes of at least 4 members (excludes halogenated alkanes) is 1. The number of nitrogens with one attached hydrogen (secondary N) is 1. The third-order valence-corrected chi connectivity index (χ3v) is 5.72. The predicted octanol–water partition coefficient (Wildman–Crippen LogP) is 4.03. The maximum absolute atomic E-state index is 12.2. The molecule has 1 heterocycles. The Kier molecular flexibility index (Phi) is 9.00. The molecule has 0 atom stereocenters. The molecule has 0 aliphatic heterocycles. The minimum atomic E-state index is 0.0328. The van der Waals surface area contributed by atoms with Crippen molar-refractivity contribution in [2.45, 2.75) is 24.1 Å². The van der Waals surface area contributed by atoms with E-state index in [9.17, 15) is 4.79 Å². The molecule has 0 bridgehead atoms. The van der Waals surface area contributed by atoms with Crippen LogP contribution in [0.2, 0.25) is 5.02 Å². The summed E-state index contributed by atoms with van der Waals surface area (Å²) in [6, 6.07) is 7.16. The maximum Gasteiger partial charge on any atom is 0.232 e. The third kappa shape index (κ3) is 7.39. The molecule has 1 N–H and O–H groups in total. The molecule has 0 aliphatic rings. The summed E-state index contributed by atoms with van der Waals surface area (Å²) >= 11 is 8.72. The number of rotatable bonds is 11. The first kappa shape index (κ1) is 20.8. The summed E-state index contributed by atoms with van der Waals surface area (Å²) in [5, 5.41) is 12.9. The number of thioether (sulfide) groups is 1. The van der Waals surface area contributed by atoms with Crippen molar-refractivity contribution in [3.63, 3.8) is 0 Å². The van der Waals surface area contributed by atoms with E-state index >= 15 is 0 Å². The molecule has 2 aromatic rings. The Balaban J connectivity index is 1.66. The molecule has 142 valence electrons. The number of ether oxygens (including phenoxy) is 1. The topological polar surface area (TPSA) is 67.4 Å². The molecule has 1 aromatic heterocycles. The van der Waals surface area contributed by atoms with Gasteiger partial charge < -0.3 is 15.0 Å². The molecular weight excluding hydrogens is 392 g/mol. The molecule has 0 aliphatic carbocycles. The van der Waals surface area contributed by atoms with Crippen LogP contribution in [-0.2, 0) is 4.79 Å². The van der Waals surface area contributed by atoms with Gasteiger partial charge in [0.2, 0.25) is 11.0 Å². The van der Waals surface area contributed by atoms with Crippen LogP contribution in [0, 0.1) is 0 Å². The van der Waals surface area contributed by atoms with Crippen molar-refractivity contribution in [2.24, 2.45) is 0 Å². The lowest BCUT2D eigenvalue weighted by atomic mass is 10.3. The standard InChI is InChI=1S/C17H23ClN4O2S2/c1-3-4-9-19-16-20-21-17(26-16)25-12-15(23)22(2)10-11-24-14-7-5-13(18)6-8-14/h5-8H,3-4,9-12H2,1-2H3,(H,19,20). The van der Waals surface area contributed by atoms with Crippen LogP contribution in [0.1, 0.15) is 19.8 Å². The highest BCUT2D eigenvalue weighted by atomic mass is 35.5. The molecule has 0 fully saturated rings. The second kappa shape index (κ2) is 11.3. The zero-order chi connectivity index (χ0) is 18.8. The Bertz CT molecular complexity index is 682. The van der Waals surface area contributed by atoms with Crippen LogP contribution in [0.3, 0.4) is 0 Å². The van der Waals surface area contributed by atoms with Gasteiger partial charge in [0.25, 0.3) is 0 Å². The van der Waals surface area contributed by atoms with Gasteiger partial charge in [0.05, 0.1) is 12.3 Å². The van der Waals surface area contributed by atoms with E-state index in [-0.39, 0.29) is 5.91 Å². The van der Waals surface area contributed by atoms with Crippen LogP contribution in [-0.4, -0.2) is 53.5 Å². The van der Waals surface area contributed by atoms with Gasteiger partial charge in [0.1, 0.15) is 12.4 Å². The average Bonchev–Trinajstić information content (AvgIpc) is 3.09. The van der Waals surface area contributed by atoms with Gasteiger partial charge in [-0.1, -0.05) is 48.0 Å². The molecule has 1 aromatic carbocycles. The number of halogens is 1. The Hall–Kier alpha value is -1.51.